The number of likely N-dealkylation sites (tertiary alicyclic amines) is 1. The maximum Gasteiger partial charge on any atom is 0.343 e. The van der Waals surface area contributed by atoms with E-state index in [0.717, 1.165) is 22.1 Å². The van der Waals surface area contributed by atoms with E-state index in [0.29, 0.717) is 48.3 Å². The Morgan fingerprint density at radius 1 is 1.18 bits per heavy atom. The zero-order chi connectivity index (χ0) is 27.4. The Bertz CT molecular complexity index is 1700. The van der Waals surface area contributed by atoms with E-state index in [4.69, 9.17) is 9.72 Å². The topological polar surface area (TPSA) is 122 Å². The number of aromatic nitrogens is 2. The molecule has 10 heteroatoms. The quantitative estimate of drug-likeness (QED) is 0.388. The summed E-state index contributed by atoms with van der Waals surface area (Å²) in [6, 6.07) is 2.74. The molecule has 1 amide bonds. The average Bonchev–Trinajstić information content (AvgIpc) is 3.49. The van der Waals surface area contributed by atoms with E-state index in [-0.39, 0.29) is 60.6 Å². The number of hydrogen-bond acceptors (Lipinski definition) is 7. The lowest BCUT2D eigenvalue weighted by molar-refractivity contribution is -0.172. The summed E-state index contributed by atoms with van der Waals surface area (Å²) < 4.78 is 21.8. The Balaban J connectivity index is 1.51. The first-order valence-electron chi connectivity index (χ1n) is 13.4. The van der Waals surface area contributed by atoms with Gasteiger partial charge in [0.25, 0.3) is 5.56 Å². The summed E-state index contributed by atoms with van der Waals surface area (Å²) in [5, 5.41) is 21.7. The van der Waals surface area contributed by atoms with Gasteiger partial charge in [-0.3, -0.25) is 9.59 Å². The first kappa shape index (κ1) is 24.4. The van der Waals surface area contributed by atoms with Crippen molar-refractivity contribution < 1.29 is 28.9 Å². The van der Waals surface area contributed by atoms with E-state index >= 15 is 4.39 Å². The molecule has 2 N–H and O–H groups in total. The smallest absolute Gasteiger partial charge is 0.343 e. The molecule has 0 saturated carbocycles. The molecule has 1 aliphatic carbocycles. The van der Waals surface area contributed by atoms with Crippen molar-refractivity contribution in [1.82, 2.24) is 14.5 Å². The molecule has 2 aromatic heterocycles. The van der Waals surface area contributed by atoms with Crippen LogP contribution >= 0.6 is 0 Å². The van der Waals surface area contributed by atoms with Crippen LogP contribution in [0.25, 0.3) is 22.3 Å². The van der Waals surface area contributed by atoms with Gasteiger partial charge in [0.2, 0.25) is 5.91 Å². The first-order valence-corrected chi connectivity index (χ1v) is 13.4. The standard InChI is InChI=1S/C29H28FN3O6/c1-3-29(38)18-8-22-25-16(10-33(22)27(36)17(18)12-39-28(29)37)24-21(32-7-6-14(11-34)26(32)35)5-4-15-13(2)19(30)9-20(31-25)23(15)24/h8-9,14,21,34,38H,3-7,10-12H2,1-2H3/t14?,21-,29-/m0/s1. The Morgan fingerprint density at radius 2 is 1.97 bits per heavy atom. The summed E-state index contributed by atoms with van der Waals surface area (Å²) in [5.41, 5.74) is 2.57. The lowest BCUT2D eigenvalue weighted by Gasteiger charge is -2.35. The molecule has 202 valence electrons. The van der Waals surface area contributed by atoms with Crippen molar-refractivity contribution in [3.63, 3.8) is 0 Å². The molecule has 1 unspecified atom stereocenters. The lowest BCUT2D eigenvalue weighted by atomic mass is 9.81. The number of hydrogen-bond donors (Lipinski definition) is 2. The van der Waals surface area contributed by atoms with Crippen LogP contribution < -0.4 is 5.56 Å². The van der Waals surface area contributed by atoms with Gasteiger partial charge in [-0.2, -0.15) is 0 Å². The molecule has 5 heterocycles. The first-order chi connectivity index (χ1) is 18.7. The fourth-order valence-electron chi connectivity index (χ4n) is 7.08. The van der Waals surface area contributed by atoms with Crippen LogP contribution in [0.15, 0.2) is 16.9 Å². The molecule has 7 rings (SSSR count). The lowest BCUT2D eigenvalue weighted by Crippen LogP contribution is -2.44. The van der Waals surface area contributed by atoms with E-state index < -0.39 is 17.5 Å². The van der Waals surface area contributed by atoms with Crippen LogP contribution in [-0.2, 0) is 39.5 Å². The maximum atomic E-state index is 15.1. The molecule has 0 spiro atoms. The molecule has 3 aliphatic heterocycles. The minimum Gasteiger partial charge on any atom is -0.458 e. The van der Waals surface area contributed by atoms with E-state index in [1.165, 1.54) is 6.07 Å². The van der Waals surface area contributed by atoms with E-state index in [9.17, 15) is 24.6 Å². The van der Waals surface area contributed by atoms with Gasteiger partial charge in [0, 0.05) is 29.1 Å². The highest BCUT2D eigenvalue weighted by Crippen LogP contribution is 2.48. The van der Waals surface area contributed by atoms with Gasteiger partial charge in [-0.05, 0) is 55.4 Å². The number of carbonyl (C=O) groups excluding carboxylic acids is 2. The number of ether oxygens (including phenoxy) is 1. The van der Waals surface area contributed by atoms with Gasteiger partial charge in [-0.15, -0.1) is 0 Å². The molecule has 0 radical (unpaired) electrons. The summed E-state index contributed by atoms with van der Waals surface area (Å²) in [7, 11) is 0. The van der Waals surface area contributed by atoms with Gasteiger partial charge in [0.05, 0.1) is 47.6 Å². The summed E-state index contributed by atoms with van der Waals surface area (Å²) in [6.07, 6.45) is 1.76. The average molecular weight is 534 g/mol. The predicted octanol–water partition coefficient (Wildman–Crippen LogP) is 2.36. The molecule has 1 saturated heterocycles. The zero-order valence-electron chi connectivity index (χ0n) is 21.7. The van der Waals surface area contributed by atoms with E-state index in [1.54, 1.807) is 24.5 Å². The highest BCUT2D eigenvalue weighted by Gasteiger charge is 2.46. The fourth-order valence-corrected chi connectivity index (χ4v) is 7.08. The maximum absolute atomic E-state index is 15.1. The monoisotopic (exact) mass is 533 g/mol. The van der Waals surface area contributed by atoms with Gasteiger partial charge in [0.15, 0.2) is 5.60 Å². The minimum atomic E-state index is -1.95. The molecule has 3 atom stereocenters. The Hall–Kier alpha value is -3.63. The molecular formula is C29H28FN3O6. The fraction of sp³-hybridized carbons (Fsp3) is 0.448. The summed E-state index contributed by atoms with van der Waals surface area (Å²) >= 11 is 0. The molecular weight excluding hydrogens is 505 g/mol. The van der Waals surface area contributed by atoms with Crippen LogP contribution in [0.4, 0.5) is 4.39 Å². The SMILES string of the molecule is CC[C@@]1(O)C(=O)OCc2c1cc1n(c2=O)Cc2c-1nc1cc(F)c(C)c3c1c2[C@@H](N1CCC(CO)C1=O)CC3. The zero-order valence-corrected chi connectivity index (χ0v) is 21.7. The summed E-state index contributed by atoms with van der Waals surface area (Å²) in [6.45, 7) is 3.67. The van der Waals surface area contributed by atoms with Crippen LogP contribution in [-0.4, -0.2) is 49.7 Å². The Kier molecular flexibility index (Phi) is 5.13. The highest BCUT2D eigenvalue weighted by atomic mass is 19.1. The molecule has 1 fully saturated rings. The number of esters is 1. The third-order valence-electron chi connectivity index (χ3n) is 9.29. The molecule has 4 aliphatic rings. The van der Waals surface area contributed by atoms with Crippen LogP contribution in [0, 0.1) is 18.7 Å². The van der Waals surface area contributed by atoms with Crippen molar-refractivity contribution in [1.29, 1.82) is 0 Å². The van der Waals surface area contributed by atoms with Crippen molar-refractivity contribution in [2.24, 2.45) is 5.92 Å². The Morgan fingerprint density at radius 3 is 2.69 bits per heavy atom. The van der Waals surface area contributed by atoms with Gasteiger partial charge in [-0.25, -0.2) is 14.2 Å². The third-order valence-corrected chi connectivity index (χ3v) is 9.29. The number of rotatable bonds is 3. The normalized spacial score (nSPS) is 25.1. The molecule has 1 aromatic carbocycles. The van der Waals surface area contributed by atoms with Crippen molar-refractivity contribution >= 4 is 22.8 Å². The molecule has 9 nitrogen and oxygen atoms in total. The van der Waals surface area contributed by atoms with Crippen LogP contribution in [0.5, 0.6) is 0 Å². The number of amides is 1. The second-order valence-corrected chi connectivity index (χ2v) is 11.1. The second kappa shape index (κ2) is 8.19. The van der Waals surface area contributed by atoms with E-state index in [2.05, 4.69) is 0 Å². The van der Waals surface area contributed by atoms with Crippen molar-refractivity contribution in [3.8, 4) is 11.4 Å². The summed E-state index contributed by atoms with van der Waals surface area (Å²) in [4.78, 5) is 46.2. The number of aryl methyl sites for hydroxylation is 1. The van der Waals surface area contributed by atoms with Crippen LogP contribution in [0.3, 0.4) is 0 Å². The number of carbonyl (C=O) groups is 2. The molecule has 0 bridgehead atoms. The number of aliphatic hydroxyl groups excluding tert-OH is 1. The molecule has 39 heavy (non-hydrogen) atoms. The van der Waals surface area contributed by atoms with Crippen molar-refractivity contribution in [2.75, 3.05) is 13.2 Å². The minimum absolute atomic E-state index is 0.0317. The predicted molar refractivity (Wildman–Crippen MR) is 137 cm³/mol. The Labute approximate surface area is 222 Å². The number of cyclic esters (lactones) is 1. The summed E-state index contributed by atoms with van der Waals surface area (Å²) in [5.74, 6) is -1.71. The van der Waals surface area contributed by atoms with Crippen molar-refractivity contribution in [3.05, 3.63) is 61.7 Å². The number of pyridine rings is 2. The largest absolute Gasteiger partial charge is 0.458 e. The van der Waals surface area contributed by atoms with Gasteiger partial charge in [-0.1, -0.05) is 6.92 Å². The van der Waals surface area contributed by atoms with Crippen molar-refractivity contribution in [2.45, 2.75) is 64.3 Å². The van der Waals surface area contributed by atoms with Gasteiger partial charge in [0.1, 0.15) is 12.4 Å². The number of halogens is 1. The van der Waals surface area contributed by atoms with Crippen LogP contribution in [0.1, 0.15) is 65.6 Å². The number of nitrogens with zero attached hydrogens (tertiary/aromatic N) is 3. The molecule has 3 aromatic rings. The highest BCUT2D eigenvalue weighted by molar-refractivity contribution is 5.94. The number of benzene rings is 1. The van der Waals surface area contributed by atoms with E-state index in [1.807, 2.05) is 4.90 Å². The second-order valence-electron chi connectivity index (χ2n) is 11.1. The number of fused-ring (bicyclic) bond motifs is 5. The van der Waals surface area contributed by atoms with Gasteiger partial charge < -0.3 is 24.4 Å². The van der Waals surface area contributed by atoms with Gasteiger partial charge >= 0.3 is 5.97 Å². The number of aliphatic hydroxyl groups is 2. The third kappa shape index (κ3) is 3.07. The van der Waals surface area contributed by atoms with Crippen LogP contribution in [0.2, 0.25) is 0 Å².